The minimum atomic E-state index is -0.234. The molecule has 1 aliphatic heterocycles. The number of imidazole rings is 1. The van der Waals surface area contributed by atoms with E-state index in [9.17, 15) is 4.39 Å². The molecule has 3 rings (SSSR count). The molecule has 1 aliphatic rings. The highest BCUT2D eigenvalue weighted by Gasteiger charge is 2.21. The number of aromatic amines is 1. The summed E-state index contributed by atoms with van der Waals surface area (Å²) in [4.78, 5) is 10.1. The van der Waals surface area contributed by atoms with Gasteiger partial charge in [-0.2, -0.15) is 0 Å². The molecule has 1 saturated heterocycles. The molecule has 5 heteroatoms. The second-order valence-corrected chi connectivity index (χ2v) is 6.11. The lowest BCUT2D eigenvalue weighted by Crippen LogP contribution is -2.46. The zero-order valence-corrected chi connectivity index (χ0v) is 12.7. The van der Waals surface area contributed by atoms with Crippen molar-refractivity contribution < 1.29 is 4.39 Å². The molecule has 2 N–H and O–H groups in total. The van der Waals surface area contributed by atoms with E-state index in [0.717, 1.165) is 30.1 Å². The number of halogens is 1. The highest BCUT2D eigenvalue weighted by Crippen LogP contribution is 2.21. The van der Waals surface area contributed by atoms with E-state index in [1.165, 1.54) is 31.4 Å². The van der Waals surface area contributed by atoms with Crippen molar-refractivity contribution >= 4 is 17.0 Å². The van der Waals surface area contributed by atoms with Crippen molar-refractivity contribution in [1.82, 2.24) is 15.3 Å². The second-order valence-electron chi connectivity index (χ2n) is 6.11. The van der Waals surface area contributed by atoms with Gasteiger partial charge in [-0.15, -0.1) is 0 Å². The zero-order chi connectivity index (χ0) is 14.8. The normalized spacial score (nSPS) is 19.3. The molecule has 0 amide bonds. The van der Waals surface area contributed by atoms with E-state index in [4.69, 9.17) is 0 Å². The molecule has 0 aliphatic carbocycles. The van der Waals surface area contributed by atoms with Crippen LogP contribution in [-0.2, 0) is 0 Å². The van der Waals surface area contributed by atoms with Gasteiger partial charge >= 0.3 is 0 Å². The summed E-state index contributed by atoms with van der Waals surface area (Å²) in [6, 6.07) is 5.53. The van der Waals surface area contributed by atoms with Crippen molar-refractivity contribution in [2.45, 2.75) is 45.2 Å². The van der Waals surface area contributed by atoms with Gasteiger partial charge in [0.15, 0.2) is 0 Å². The number of anilines is 1. The van der Waals surface area contributed by atoms with E-state index in [2.05, 4.69) is 34.0 Å². The first-order valence-corrected chi connectivity index (χ1v) is 7.79. The van der Waals surface area contributed by atoms with E-state index >= 15 is 0 Å². The molecule has 2 heterocycles. The molecule has 1 atom stereocenters. The van der Waals surface area contributed by atoms with Crippen LogP contribution in [0.15, 0.2) is 18.2 Å². The molecule has 1 fully saturated rings. The number of benzene rings is 1. The average molecular weight is 290 g/mol. The molecule has 21 heavy (non-hydrogen) atoms. The third-order valence-corrected chi connectivity index (χ3v) is 4.16. The smallest absolute Gasteiger partial charge is 0.204 e. The first-order chi connectivity index (χ1) is 10.1. The fourth-order valence-electron chi connectivity index (χ4n) is 2.96. The minimum Gasteiger partial charge on any atom is -0.338 e. The Morgan fingerprint density at radius 2 is 2.24 bits per heavy atom. The van der Waals surface area contributed by atoms with Crippen LogP contribution in [0.2, 0.25) is 0 Å². The third kappa shape index (κ3) is 3.18. The summed E-state index contributed by atoms with van der Waals surface area (Å²) in [7, 11) is 0. The molecule has 0 bridgehead atoms. The highest BCUT2D eigenvalue weighted by atomic mass is 19.1. The van der Waals surface area contributed by atoms with Gasteiger partial charge in [0.2, 0.25) is 5.95 Å². The first kappa shape index (κ1) is 14.3. The number of nitrogens with zero attached hydrogens (tertiary/aromatic N) is 2. The molecule has 4 nitrogen and oxygen atoms in total. The Kier molecular flexibility index (Phi) is 4.10. The molecule has 0 spiro atoms. The lowest BCUT2D eigenvalue weighted by atomic mass is 10.0. The van der Waals surface area contributed by atoms with Crippen molar-refractivity contribution in [3.63, 3.8) is 0 Å². The molecule has 0 radical (unpaired) electrons. The Labute approximate surface area is 124 Å². The van der Waals surface area contributed by atoms with Gasteiger partial charge in [-0.3, -0.25) is 0 Å². The molecular formula is C16H23FN4. The highest BCUT2D eigenvalue weighted by molar-refractivity contribution is 5.77. The molecule has 1 unspecified atom stereocenters. The number of piperidine rings is 1. The van der Waals surface area contributed by atoms with Crippen molar-refractivity contribution in [1.29, 1.82) is 0 Å². The fourth-order valence-corrected chi connectivity index (χ4v) is 2.96. The fraction of sp³-hybridized carbons (Fsp3) is 0.562. The van der Waals surface area contributed by atoms with Crippen LogP contribution in [0.4, 0.5) is 10.3 Å². The van der Waals surface area contributed by atoms with Crippen LogP contribution < -0.4 is 10.2 Å². The second kappa shape index (κ2) is 6.02. The lowest BCUT2D eigenvalue weighted by molar-refractivity contribution is 0.392. The number of hydrogen-bond acceptors (Lipinski definition) is 3. The van der Waals surface area contributed by atoms with Gasteiger partial charge in [-0.05, 0) is 51.4 Å². The van der Waals surface area contributed by atoms with E-state index in [1.807, 2.05) is 0 Å². The molecular weight excluding hydrogens is 267 g/mol. The number of hydrogen-bond donors (Lipinski definition) is 2. The summed E-state index contributed by atoms with van der Waals surface area (Å²) < 4.78 is 13.3. The van der Waals surface area contributed by atoms with E-state index in [1.54, 1.807) is 6.07 Å². The summed E-state index contributed by atoms with van der Waals surface area (Å²) in [5, 5.41) is 3.57. The Morgan fingerprint density at radius 1 is 1.38 bits per heavy atom. The van der Waals surface area contributed by atoms with Gasteiger partial charge in [0.1, 0.15) is 5.82 Å². The van der Waals surface area contributed by atoms with E-state index in [0.29, 0.717) is 12.1 Å². The van der Waals surface area contributed by atoms with Gasteiger partial charge in [-0.1, -0.05) is 6.42 Å². The SMILES string of the molecule is CC(C)N(CC1CCCCN1)c1nc2ccc(F)cc2[nH]1. The van der Waals surface area contributed by atoms with Crippen molar-refractivity contribution in [3.8, 4) is 0 Å². The predicted octanol–water partition coefficient (Wildman–Crippen LogP) is 3.06. The Balaban J connectivity index is 1.84. The van der Waals surface area contributed by atoms with Gasteiger partial charge < -0.3 is 15.2 Å². The monoisotopic (exact) mass is 290 g/mol. The Bertz CT molecular complexity index is 601. The van der Waals surface area contributed by atoms with Crippen LogP contribution in [0.3, 0.4) is 0 Å². The summed E-state index contributed by atoms with van der Waals surface area (Å²) in [6.07, 6.45) is 3.76. The maximum atomic E-state index is 13.3. The Morgan fingerprint density at radius 3 is 2.95 bits per heavy atom. The Hall–Kier alpha value is -1.62. The summed E-state index contributed by atoms with van der Waals surface area (Å²) in [5.41, 5.74) is 1.57. The molecule has 0 saturated carbocycles. The van der Waals surface area contributed by atoms with Crippen LogP contribution in [0.5, 0.6) is 0 Å². The van der Waals surface area contributed by atoms with Crippen molar-refractivity contribution in [2.75, 3.05) is 18.0 Å². The minimum absolute atomic E-state index is 0.234. The van der Waals surface area contributed by atoms with Gasteiger partial charge in [0.25, 0.3) is 0 Å². The standard InChI is InChI=1S/C16H23FN4/c1-11(2)21(10-13-5-3-4-8-18-13)16-19-14-7-6-12(17)9-15(14)20-16/h6-7,9,11,13,18H,3-5,8,10H2,1-2H3,(H,19,20). The average Bonchev–Trinajstić information content (AvgIpc) is 2.88. The molecule has 1 aromatic carbocycles. The number of fused-ring (bicyclic) bond motifs is 1. The largest absolute Gasteiger partial charge is 0.338 e. The van der Waals surface area contributed by atoms with Crippen LogP contribution in [0.1, 0.15) is 33.1 Å². The van der Waals surface area contributed by atoms with E-state index in [-0.39, 0.29) is 5.82 Å². The number of rotatable bonds is 4. The van der Waals surface area contributed by atoms with Gasteiger partial charge in [0, 0.05) is 18.6 Å². The maximum Gasteiger partial charge on any atom is 0.204 e. The molecule has 1 aromatic heterocycles. The van der Waals surface area contributed by atoms with Crippen LogP contribution in [0, 0.1) is 5.82 Å². The summed E-state index contributed by atoms with van der Waals surface area (Å²) in [5.74, 6) is 0.598. The van der Waals surface area contributed by atoms with Crippen LogP contribution >= 0.6 is 0 Å². The number of nitrogens with one attached hydrogen (secondary N) is 2. The van der Waals surface area contributed by atoms with Crippen molar-refractivity contribution in [2.24, 2.45) is 0 Å². The van der Waals surface area contributed by atoms with Crippen LogP contribution in [-0.4, -0.2) is 35.1 Å². The van der Waals surface area contributed by atoms with Crippen molar-refractivity contribution in [3.05, 3.63) is 24.0 Å². The topological polar surface area (TPSA) is 44.0 Å². The van der Waals surface area contributed by atoms with Gasteiger partial charge in [0.05, 0.1) is 11.0 Å². The molecule has 2 aromatic rings. The number of H-pyrrole nitrogens is 1. The summed E-state index contributed by atoms with van der Waals surface area (Å²) >= 11 is 0. The summed E-state index contributed by atoms with van der Waals surface area (Å²) in [6.45, 7) is 6.36. The quantitative estimate of drug-likeness (QED) is 0.909. The molecule has 114 valence electrons. The lowest BCUT2D eigenvalue weighted by Gasteiger charge is -2.33. The third-order valence-electron chi connectivity index (χ3n) is 4.16. The van der Waals surface area contributed by atoms with Gasteiger partial charge in [-0.25, -0.2) is 9.37 Å². The number of aromatic nitrogens is 2. The van der Waals surface area contributed by atoms with Crippen LogP contribution in [0.25, 0.3) is 11.0 Å². The predicted molar refractivity (Wildman–Crippen MR) is 84.2 cm³/mol. The first-order valence-electron chi connectivity index (χ1n) is 7.79. The zero-order valence-electron chi connectivity index (χ0n) is 12.7. The maximum absolute atomic E-state index is 13.3. The van der Waals surface area contributed by atoms with E-state index < -0.39 is 0 Å².